The second-order valence-electron chi connectivity index (χ2n) is 6.59. The van der Waals surface area contributed by atoms with Crippen molar-refractivity contribution in [2.75, 3.05) is 13.1 Å². The third kappa shape index (κ3) is 3.70. The van der Waals surface area contributed by atoms with Gasteiger partial charge in [0.1, 0.15) is 0 Å². The van der Waals surface area contributed by atoms with Gasteiger partial charge in [-0.1, -0.05) is 18.2 Å². The minimum atomic E-state index is -4.34. The molecule has 4 atom stereocenters. The third-order valence-electron chi connectivity index (χ3n) is 5.07. The summed E-state index contributed by atoms with van der Waals surface area (Å²) in [6.45, 7) is 5.48. The molecule has 3 rings (SSSR count). The van der Waals surface area contributed by atoms with Crippen LogP contribution in [0.5, 0.6) is 0 Å². The van der Waals surface area contributed by atoms with Gasteiger partial charge in [0, 0.05) is 31.1 Å². The van der Waals surface area contributed by atoms with Gasteiger partial charge in [0.2, 0.25) is 5.91 Å². The van der Waals surface area contributed by atoms with Gasteiger partial charge in [0.25, 0.3) is 0 Å². The van der Waals surface area contributed by atoms with Crippen molar-refractivity contribution >= 4 is 18.3 Å². The van der Waals surface area contributed by atoms with Crippen molar-refractivity contribution in [1.82, 2.24) is 10.2 Å². The van der Waals surface area contributed by atoms with E-state index in [2.05, 4.69) is 5.32 Å². The Balaban J connectivity index is 0.00000208. The number of nitrogens with zero attached hydrogens (tertiary/aromatic N) is 1. The van der Waals surface area contributed by atoms with Gasteiger partial charge in [-0.3, -0.25) is 4.79 Å². The van der Waals surface area contributed by atoms with Gasteiger partial charge in [-0.25, -0.2) is 0 Å². The normalized spacial score (nSPS) is 29.8. The maximum atomic E-state index is 12.8. The topological polar surface area (TPSA) is 32.3 Å². The Kier molecular flexibility index (Phi) is 5.50. The average molecular weight is 363 g/mol. The lowest BCUT2D eigenvalue weighted by Crippen LogP contribution is -2.57. The minimum Gasteiger partial charge on any atom is -0.337 e. The third-order valence-corrected chi connectivity index (χ3v) is 5.07. The number of carbonyl (C=O) groups is 1. The van der Waals surface area contributed by atoms with E-state index in [-0.39, 0.29) is 42.2 Å². The molecular weight excluding hydrogens is 341 g/mol. The molecule has 1 amide bonds. The van der Waals surface area contributed by atoms with Gasteiger partial charge in [0.15, 0.2) is 0 Å². The molecule has 1 aromatic rings. The standard InChI is InChI=1S/C17H21F3N2O.ClH/c1-10-11(2)22(7-6-21-10)16(23)15-9-14(15)12-4-3-5-13(8-12)17(18,19)20;/h3-5,8,10-11,14-15,21H,6-7,9H2,1-2H3;1H. The van der Waals surface area contributed by atoms with Crippen molar-refractivity contribution < 1.29 is 18.0 Å². The summed E-state index contributed by atoms with van der Waals surface area (Å²) in [7, 11) is 0. The van der Waals surface area contributed by atoms with Gasteiger partial charge in [0.05, 0.1) is 5.56 Å². The Morgan fingerprint density at radius 3 is 2.67 bits per heavy atom. The fraction of sp³-hybridized carbons (Fsp3) is 0.588. The lowest BCUT2D eigenvalue weighted by atomic mass is 10.0. The van der Waals surface area contributed by atoms with E-state index in [4.69, 9.17) is 0 Å². The molecule has 3 nitrogen and oxygen atoms in total. The first-order valence-electron chi connectivity index (χ1n) is 8.00. The highest BCUT2D eigenvalue weighted by Gasteiger charge is 2.47. The summed E-state index contributed by atoms with van der Waals surface area (Å²) in [6.07, 6.45) is -3.70. The second-order valence-corrected chi connectivity index (χ2v) is 6.59. The molecule has 1 saturated carbocycles. The molecule has 134 valence electrons. The van der Waals surface area contributed by atoms with Crippen molar-refractivity contribution in [1.29, 1.82) is 0 Å². The first-order valence-corrected chi connectivity index (χ1v) is 8.00. The maximum Gasteiger partial charge on any atom is 0.416 e. The van der Waals surface area contributed by atoms with Crippen molar-refractivity contribution in [2.45, 2.75) is 44.4 Å². The van der Waals surface area contributed by atoms with Gasteiger partial charge in [-0.15, -0.1) is 12.4 Å². The van der Waals surface area contributed by atoms with E-state index in [1.54, 1.807) is 6.07 Å². The fourth-order valence-electron chi connectivity index (χ4n) is 3.36. The highest BCUT2D eigenvalue weighted by atomic mass is 35.5. The summed E-state index contributed by atoms with van der Waals surface area (Å²) in [4.78, 5) is 14.5. The number of alkyl halides is 3. The zero-order valence-electron chi connectivity index (χ0n) is 13.6. The second kappa shape index (κ2) is 6.92. The number of hydrogen-bond acceptors (Lipinski definition) is 2. The van der Waals surface area contributed by atoms with Crippen LogP contribution in [0, 0.1) is 5.92 Å². The van der Waals surface area contributed by atoms with E-state index in [0.717, 1.165) is 12.6 Å². The van der Waals surface area contributed by atoms with Gasteiger partial charge in [-0.05, 0) is 37.8 Å². The molecule has 1 aliphatic heterocycles. The highest BCUT2D eigenvalue weighted by molar-refractivity contribution is 5.85. The molecule has 1 aliphatic carbocycles. The van der Waals surface area contributed by atoms with Crippen LogP contribution in [0.4, 0.5) is 13.2 Å². The molecule has 2 fully saturated rings. The molecule has 0 bridgehead atoms. The van der Waals surface area contributed by atoms with E-state index in [1.807, 2.05) is 18.7 Å². The van der Waals surface area contributed by atoms with Gasteiger partial charge in [-0.2, -0.15) is 13.2 Å². The summed E-state index contributed by atoms with van der Waals surface area (Å²) in [5.41, 5.74) is -0.0220. The smallest absolute Gasteiger partial charge is 0.337 e. The molecule has 0 spiro atoms. The van der Waals surface area contributed by atoms with Crippen LogP contribution in [0.3, 0.4) is 0 Å². The predicted molar refractivity (Wildman–Crippen MR) is 88.2 cm³/mol. The van der Waals surface area contributed by atoms with Gasteiger partial charge >= 0.3 is 6.18 Å². The summed E-state index contributed by atoms with van der Waals surface area (Å²) in [6, 6.07) is 5.71. The first-order chi connectivity index (χ1) is 10.8. The summed E-state index contributed by atoms with van der Waals surface area (Å²) in [5.74, 6) is -0.179. The predicted octanol–water partition coefficient (Wildman–Crippen LogP) is 3.44. The lowest BCUT2D eigenvalue weighted by Gasteiger charge is -2.38. The average Bonchev–Trinajstić information content (AvgIpc) is 3.29. The molecule has 0 aromatic heterocycles. The molecule has 1 N–H and O–H groups in total. The van der Waals surface area contributed by atoms with Crippen molar-refractivity contribution in [3.05, 3.63) is 35.4 Å². The Morgan fingerprint density at radius 1 is 1.29 bits per heavy atom. The summed E-state index contributed by atoms with van der Waals surface area (Å²) < 4.78 is 38.4. The van der Waals surface area contributed by atoms with E-state index < -0.39 is 11.7 Å². The van der Waals surface area contributed by atoms with E-state index in [1.165, 1.54) is 12.1 Å². The number of benzene rings is 1. The van der Waals surface area contributed by atoms with Crippen LogP contribution in [-0.2, 0) is 11.0 Å². The minimum absolute atomic E-state index is 0. The quantitative estimate of drug-likeness (QED) is 0.874. The SMILES string of the molecule is CC1NCCN(C(=O)C2CC2c2cccc(C(F)(F)F)c2)C1C.Cl. The Bertz CT molecular complexity index is 608. The lowest BCUT2D eigenvalue weighted by molar-refractivity contribution is -0.137. The molecule has 4 unspecified atom stereocenters. The summed E-state index contributed by atoms with van der Waals surface area (Å²) in [5, 5.41) is 3.32. The van der Waals surface area contributed by atoms with Crippen LogP contribution < -0.4 is 5.32 Å². The number of piperazine rings is 1. The van der Waals surface area contributed by atoms with Crippen LogP contribution in [0.2, 0.25) is 0 Å². The largest absolute Gasteiger partial charge is 0.416 e. The Labute approximate surface area is 146 Å². The van der Waals surface area contributed by atoms with Crippen molar-refractivity contribution in [3.8, 4) is 0 Å². The molecule has 24 heavy (non-hydrogen) atoms. The number of carbonyl (C=O) groups excluding carboxylic acids is 1. The van der Waals surface area contributed by atoms with Crippen LogP contribution in [0.15, 0.2) is 24.3 Å². The van der Waals surface area contributed by atoms with E-state index >= 15 is 0 Å². The van der Waals surface area contributed by atoms with Crippen LogP contribution in [0.1, 0.15) is 37.3 Å². The molecule has 7 heteroatoms. The van der Waals surface area contributed by atoms with Crippen LogP contribution in [-0.4, -0.2) is 36.0 Å². The molecule has 2 aliphatic rings. The molecule has 1 heterocycles. The molecule has 1 saturated heterocycles. The van der Waals surface area contributed by atoms with E-state index in [9.17, 15) is 18.0 Å². The molecule has 1 aromatic carbocycles. The number of rotatable bonds is 2. The van der Waals surface area contributed by atoms with E-state index in [0.29, 0.717) is 18.5 Å². The zero-order valence-corrected chi connectivity index (χ0v) is 14.5. The number of hydrogen-bond donors (Lipinski definition) is 1. The van der Waals surface area contributed by atoms with Crippen molar-refractivity contribution in [3.63, 3.8) is 0 Å². The van der Waals surface area contributed by atoms with Crippen LogP contribution in [0.25, 0.3) is 0 Å². The Morgan fingerprint density at radius 2 is 2.00 bits per heavy atom. The monoisotopic (exact) mass is 362 g/mol. The van der Waals surface area contributed by atoms with Crippen molar-refractivity contribution in [2.24, 2.45) is 5.92 Å². The number of halogens is 4. The zero-order chi connectivity index (χ0) is 16.8. The maximum absolute atomic E-state index is 12.8. The highest BCUT2D eigenvalue weighted by Crippen LogP contribution is 2.49. The van der Waals surface area contributed by atoms with Gasteiger partial charge < -0.3 is 10.2 Å². The Hall–Kier alpha value is -1.27. The molecular formula is C17H22ClF3N2O. The number of nitrogens with one attached hydrogen (secondary N) is 1. The summed E-state index contributed by atoms with van der Waals surface area (Å²) >= 11 is 0. The fourth-order valence-corrected chi connectivity index (χ4v) is 3.36. The molecule has 0 radical (unpaired) electrons. The first kappa shape index (κ1) is 19.1. The number of amides is 1. The van der Waals surface area contributed by atoms with Crippen LogP contribution >= 0.6 is 12.4 Å².